The molecule has 3 nitrogen and oxygen atoms in total. The summed E-state index contributed by atoms with van der Waals surface area (Å²) >= 11 is 0. The van der Waals surface area contributed by atoms with E-state index in [-0.39, 0.29) is 11.8 Å². The van der Waals surface area contributed by atoms with Gasteiger partial charge in [0.15, 0.2) is 0 Å². The summed E-state index contributed by atoms with van der Waals surface area (Å²) in [6.45, 7) is -0.691. The molecule has 0 bridgehead atoms. The van der Waals surface area contributed by atoms with Gasteiger partial charge in [0, 0.05) is 18.1 Å². The van der Waals surface area contributed by atoms with Crippen molar-refractivity contribution in [3.8, 4) is 5.75 Å². The molecular formula is C16H24F2N2O. The van der Waals surface area contributed by atoms with Crippen molar-refractivity contribution in [3.63, 3.8) is 0 Å². The molecule has 21 heavy (non-hydrogen) atoms. The lowest BCUT2D eigenvalue weighted by molar-refractivity contribution is -0.0499. The van der Waals surface area contributed by atoms with Gasteiger partial charge in [-0.25, -0.2) is 0 Å². The third kappa shape index (κ3) is 4.38. The summed E-state index contributed by atoms with van der Waals surface area (Å²) in [5.74, 6) is 0.216. The third-order valence-corrected chi connectivity index (χ3v) is 4.49. The van der Waals surface area contributed by atoms with Crippen LogP contribution >= 0.6 is 0 Å². The van der Waals surface area contributed by atoms with E-state index in [2.05, 4.69) is 23.6 Å². The lowest BCUT2D eigenvalue weighted by Crippen LogP contribution is -2.39. The van der Waals surface area contributed by atoms with Crippen LogP contribution in [0.1, 0.15) is 44.2 Å². The van der Waals surface area contributed by atoms with Gasteiger partial charge in [0.25, 0.3) is 0 Å². The van der Waals surface area contributed by atoms with Crippen LogP contribution in [-0.2, 0) is 0 Å². The van der Waals surface area contributed by atoms with Crippen LogP contribution < -0.4 is 10.5 Å². The monoisotopic (exact) mass is 298 g/mol. The third-order valence-electron chi connectivity index (χ3n) is 4.49. The maximum absolute atomic E-state index is 12.3. The van der Waals surface area contributed by atoms with Crippen LogP contribution in [0.4, 0.5) is 8.78 Å². The maximum Gasteiger partial charge on any atom is 0.387 e. The molecule has 1 aromatic rings. The van der Waals surface area contributed by atoms with Crippen molar-refractivity contribution in [2.45, 2.75) is 57.3 Å². The molecule has 0 amide bonds. The lowest BCUT2D eigenvalue weighted by atomic mass is 9.90. The molecule has 1 unspecified atom stereocenters. The van der Waals surface area contributed by atoms with E-state index in [1.54, 1.807) is 18.2 Å². The van der Waals surface area contributed by atoms with Crippen molar-refractivity contribution in [3.05, 3.63) is 29.8 Å². The average molecular weight is 298 g/mol. The molecule has 0 saturated heterocycles. The molecule has 0 radical (unpaired) electrons. The van der Waals surface area contributed by atoms with E-state index in [1.807, 2.05) is 6.07 Å². The number of nitrogens with two attached hydrogens (primary N) is 1. The van der Waals surface area contributed by atoms with Crippen molar-refractivity contribution < 1.29 is 13.5 Å². The van der Waals surface area contributed by atoms with Crippen molar-refractivity contribution in [1.29, 1.82) is 0 Å². The van der Waals surface area contributed by atoms with Gasteiger partial charge in [0.05, 0.1) is 0 Å². The predicted octanol–water partition coefficient (Wildman–Crippen LogP) is 3.55. The SMILES string of the molecule is CC(c1cccc(OC(F)F)c1)N(C)C1CCC(N)CC1. The molecule has 1 aromatic carbocycles. The Bertz CT molecular complexity index is 448. The fraction of sp³-hybridized carbons (Fsp3) is 0.625. The lowest BCUT2D eigenvalue weighted by Gasteiger charge is -2.37. The van der Waals surface area contributed by atoms with Crippen LogP contribution in [0, 0.1) is 0 Å². The van der Waals surface area contributed by atoms with E-state index in [9.17, 15) is 8.78 Å². The van der Waals surface area contributed by atoms with Crippen LogP contribution in [0.3, 0.4) is 0 Å². The summed E-state index contributed by atoms with van der Waals surface area (Å²) in [6.07, 6.45) is 4.29. The Morgan fingerprint density at radius 3 is 2.52 bits per heavy atom. The summed E-state index contributed by atoms with van der Waals surface area (Å²) in [7, 11) is 2.09. The highest BCUT2D eigenvalue weighted by atomic mass is 19.3. The van der Waals surface area contributed by atoms with Gasteiger partial charge in [-0.2, -0.15) is 8.78 Å². The molecule has 0 aliphatic heterocycles. The van der Waals surface area contributed by atoms with E-state index in [0.29, 0.717) is 12.1 Å². The van der Waals surface area contributed by atoms with E-state index in [0.717, 1.165) is 31.2 Å². The molecule has 2 rings (SSSR count). The zero-order valence-corrected chi connectivity index (χ0v) is 12.6. The minimum absolute atomic E-state index is 0.158. The second-order valence-corrected chi connectivity index (χ2v) is 5.86. The first-order chi connectivity index (χ1) is 9.97. The minimum Gasteiger partial charge on any atom is -0.435 e. The topological polar surface area (TPSA) is 38.5 Å². The number of hydrogen-bond acceptors (Lipinski definition) is 3. The van der Waals surface area contributed by atoms with Gasteiger partial charge in [-0.1, -0.05) is 12.1 Å². The minimum atomic E-state index is -2.78. The molecule has 1 saturated carbocycles. The van der Waals surface area contributed by atoms with Gasteiger partial charge in [0.1, 0.15) is 5.75 Å². The fourth-order valence-electron chi connectivity index (χ4n) is 3.01. The standard InChI is InChI=1S/C16H24F2N2O/c1-11(20(2)14-8-6-13(19)7-9-14)12-4-3-5-15(10-12)21-16(17)18/h3-5,10-11,13-14,16H,6-9,19H2,1-2H3. The Balaban J connectivity index is 2.03. The van der Waals surface area contributed by atoms with E-state index < -0.39 is 6.61 Å². The van der Waals surface area contributed by atoms with Crippen LogP contribution in [0.5, 0.6) is 5.75 Å². The quantitative estimate of drug-likeness (QED) is 0.903. The molecule has 1 fully saturated rings. The first-order valence-corrected chi connectivity index (χ1v) is 7.49. The zero-order chi connectivity index (χ0) is 15.4. The Morgan fingerprint density at radius 1 is 1.24 bits per heavy atom. The van der Waals surface area contributed by atoms with Crippen LogP contribution in [0.25, 0.3) is 0 Å². The van der Waals surface area contributed by atoms with E-state index >= 15 is 0 Å². The average Bonchev–Trinajstić information content (AvgIpc) is 2.46. The first-order valence-electron chi connectivity index (χ1n) is 7.49. The zero-order valence-electron chi connectivity index (χ0n) is 12.6. The first kappa shape index (κ1) is 16.2. The maximum atomic E-state index is 12.3. The van der Waals surface area contributed by atoms with Crippen molar-refractivity contribution >= 4 is 0 Å². The van der Waals surface area contributed by atoms with Crippen molar-refractivity contribution in [2.75, 3.05) is 7.05 Å². The molecular weight excluding hydrogens is 274 g/mol. The number of nitrogens with zero attached hydrogens (tertiary/aromatic N) is 1. The summed E-state index contributed by atoms with van der Waals surface area (Å²) in [5.41, 5.74) is 6.94. The summed E-state index contributed by atoms with van der Waals surface area (Å²) in [6, 6.07) is 7.95. The molecule has 118 valence electrons. The smallest absolute Gasteiger partial charge is 0.387 e. The van der Waals surface area contributed by atoms with Gasteiger partial charge in [0.2, 0.25) is 0 Å². The Labute approximate surface area is 125 Å². The van der Waals surface area contributed by atoms with Crippen molar-refractivity contribution in [2.24, 2.45) is 5.73 Å². The van der Waals surface area contributed by atoms with Gasteiger partial charge in [-0.05, 0) is 57.4 Å². The highest BCUT2D eigenvalue weighted by Gasteiger charge is 2.25. The second kappa shape index (κ2) is 7.18. The molecule has 0 spiro atoms. The predicted molar refractivity (Wildman–Crippen MR) is 79.5 cm³/mol. The summed E-state index contributed by atoms with van der Waals surface area (Å²) in [4.78, 5) is 2.31. The molecule has 1 atom stereocenters. The molecule has 0 heterocycles. The van der Waals surface area contributed by atoms with Crippen LogP contribution in [0.2, 0.25) is 0 Å². The number of ether oxygens (including phenoxy) is 1. The van der Waals surface area contributed by atoms with Crippen molar-refractivity contribution in [1.82, 2.24) is 4.90 Å². The summed E-state index contributed by atoms with van der Waals surface area (Å²) < 4.78 is 29.1. The summed E-state index contributed by atoms with van der Waals surface area (Å²) in [5, 5.41) is 0. The molecule has 0 aromatic heterocycles. The second-order valence-electron chi connectivity index (χ2n) is 5.86. The number of halogens is 2. The van der Waals surface area contributed by atoms with E-state index in [1.165, 1.54) is 0 Å². The van der Waals surface area contributed by atoms with Gasteiger partial charge < -0.3 is 10.5 Å². The molecule has 1 aliphatic rings. The Morgan fingerprint density at radius 2 is 1.90 bits per heavy atom. The molecule has 1 aliphatic carbocycles. The van der Waals surface area contributed by atoms with Gasteiger partial charge in [-0.15, -0.1) is 0 Å². The number of benzene rings is 1. The number of alkyl halides is 2. The Hall–Kier alpha value is -1.20. The fourth-order valence-corrected chi connectivity index (χ4v) is 3.01. The van der Waals surface area contributed by atoms with Gasteiger partial charge in [-0.3, -0.25) is 4.90 Å². The number of rotatable bonds is 5. The highest BCUT2D eigenvalue weighted by molar-refractivity contribution is 5.30. The van der Waals surface area contributed by atoms with E-state index in [4.69, 9.17) is 5.73 Å². The van der Waals surface area contributed by atoms with Crippen LogP contribution in [0.15, 0.2) is 24.3 Å². The molecule has 5 heteroatoms. The Kier molecular flexibility index (Phi) is 5.53. The normalized spacial score (nSPS) is 24.3. The highest BCUT2D eigenvalue weighted by Crippen LogP contribution is 2.30. The number of hydrogen-bond donors (Lipinski definition) is 1. The van der Waals surface area contributed by atoms with Gasteiger partial charge >= 0.3 is 6.61 Å². The van der Waals surface area contributed by atoms with Crippen LogP contribution in [-0.4, -0.2) is 30.6 Å². The largest absolute Gasteiger partial charge is 0.435 e. The molecule has 2 N–H and O–H groups in total.